The Morgan fingerprint density at radius 3 is 3.00 bits per heavy atom. The van der Waals surface area contributed by atoms with Crippen LogP contribution in [0.15, 0.2) is 21.6 Å². The lowest BCUT2D eigenvalue weighted by Crippen LogP contribution is -1.91. The second kappa shape index (κ2) is 1.87. The SMILES string of the molecule is NC1=CSC=C=N1. The molecule has 0 aromatic heterocycles. The molecule has 0 atom stereocenters. The summed E-state index contributed by atoms with van der Waals surface area (Å²) >= 11 is 1.49. The molecule has 2 nitrogen and oxygen atoms in total. The number of aliphatic imine (C=N–C) groups is 1. The van der Waals surface area contributed by atoms with Gasteiger partial charge in [0, 0.05) is 10.8 Å². The summed E-state index contributed by atoms with van der Waals surface area (Å²) in [7, 11) is 0. The van der Waals surface area contributed by atoms with Gasteiger partial charge in [-0.3, -0.25) is 0 Å². The third-order valence-electron chi connectivity index (χ3n) is 0.503. The summed E-state index contributed by atoms with van der Waals surface area (Å²) in [6, 6.07) is 0. The van der Waals surface area contributed by atoms with Crippen molar-refractivity contribution in [3.05, 3.63) is 16.6 Å². The monoisotopic (exact) mass is 112 g/mol. The molecule has 3 heteroatoms. The number of nitrogens with zero attached hydrogens (tertiary/aromatic N) is 1. The maximum absolute atomic E-state index is 5.23. The smallest absolute Gasteiger partial charge is 0.139 e. The van der Waals surface area contributed by atoms with Gasteiger partial charge in [0.15, 0.2) is 0 Å². The molecule has 0 aromatic rings. The minimum atomic E-state index is 0.535. The molecule has 7 heavy (non-hydrogen) atoms. The van der Waals surface area contributed by atoms with E-state index in [4.69, 9.17) is 5.73 Å². The maximum atomic E-state index is 5.23. The molecule has 36 valence electrons. The van der Waals surface area contributed by atoms with Gasteiger partial charge in [0.2, 0.25) is 0 Å². The Bertz CT molecular complexity index is 153. The second-order valence-electron chi connectivity index (χ2n) is 1.04. The molecule has 2 N–H and O–H groups in total. The van der Waals surface area contributed by atoms with Crippen molar-refractivity contribution in [3.63, 3.8) is 0 Å². The summed E-state index contributed by atoms with van der Waals surface area (Å²) in [5.74, 6) is 3.14. The van der Waals surface area contributed by atoms with Crippen molar-refractivity contribution in [1.29, 1.82) is 0 Å². The predicted molar refractivity (Wildman–Crippen MR) is 31.9 cm³/mol. The van der Waals surface area contributed by atoms with Crippen molar-refractivity contribution in [2.75, 3.05) is 0 Å². The van der Waals surface area contributed by atoms with Crippen LogP contribution in [0.4, 0.5) is 0 Å². The highest BCUT2D eigenvalue weighted by molar-refractivity contribution is 8.05. The van der Waals surface area contributed by atoms with Crippen molar-refractivity contribution >= 4 is 17.6 Å². The summed E-state index contributed by atoms with van der Waals surface area (Å²) in [6.07, 6.45) is 0. The van der Waals surface area contributed by atoms with E-state index in [0.29, 0.717) is 5.82 Å². The van der Waals surface area contributed by atoms with Crippen LogP contribution in [0.25, 0.3) is 0 Å². The van der Waals surface area contributed by atoms with Crippen molar-refractivity contribution in [2.45, 2.75) is 0 Å². The average Bonchev–Trinajstić information content (AvgIpc) is 1.69. The van der Waals surface area contributed by atoms with Gasteiger partial charge in [0.25, 0.3) is 0 Å². The highest BCUT2D eigenvalue weighted by Crippen LogP contribution is 2.06. The number of thioether (sulfide) groups is 1. The third-order valence-corrected chi connectivity index (χ3v) is 1.12. The van der Waals surface area contributed by atoms with E-state index in [1.165, 1.54) is 11.8 Å². The van der Waals surface area contributed by atoms with E-state index in [1.807, 2.05) is 0 Å². The van der Waals surface area contributed by atoms with Gasteiger partial charge in [0.05, 0.1) is 0 Å². The zero-order chi connectivity index (χ0) is 5.11. The number of rotatable bonds is 0. The zero-order valence-corrected chi connectivity index (χ0v) is 4.40. The minimum Gasteiger partial charge on any atom is -0.383 e. The topological polar surface area (TPSA) is 38.4 Å². The Morgan fingerprint density at radius 1 is 1.86 bits per heavy atom. The molecule has 0 saturated heterocycles. The maximum Gasteiger partial charge on any atom is 0.139 e. The molecular formula is C4H4N2S. The largest absolute Gasteiger partial charge is 0.383 e. The molecule has 0 radical (unpaired) electrons. The van der Waals surface area contributed by atoms with E-state index in [1.54, 1.807) is 10.8 Å². The number of nitrogens with two attached hydrogens (primary N) is 1. The van der Waals surface area contributed by atoms with Crippen LogP contribution in [-0.2, 0) is 0 Å². The number of hydrogen-bond acceptors (Lipinski definition) is 3. The van der Waals surface area contributed by atoms with Crippen LogP contribution in [0.5, 0.6) is 0 Å². The average molecular weight is 112 g/mol. The molecule has 0 amide bonds. The van der Waals surface area contributed by atoms with Gasteiger partial charge in [-0.1, -0.05) is 11.8 Å². The highest BCUT2D eigenvalue weighted by Gasteiger charge is 1.83. The first kappa shape index (κ1) is 4.50. The highest BCUT2D eigenvalue weighted by atomic mass is 32.2. The van der Waals surface area contributed by atoms with Crippen molar-refractivity contribution in [2.24, 2.45) is 10.7 Å². The number of hydrogen-bond donors (Lipinski definition) is 1. The summed E-state index contributed by atoms with van der Waals surface area (Å²) in [4.78, 5) is 3.64. The molecule has 0 aliphatic carbocycles. The molecular weight excluding hydrogens is 108 g/mol. The van der Waals surface area contributed by atoms with Crippen molar-refractivity contribution in [3.8, 4) is 0 Å². The summed E-state index contributed by atoms with van der Waals surface area (Å²) in [5, 5.41) is 3.51. The second-order valence-corrected chi connectivity index (χ2v) is 1.78. The zero-order valence-electron chi connectivity index (χ0n) is 3.59. The van der Waals surface area contributed by atoms with Gasteiger partial charge in [-0.25, -0.2) is 0 Å². The molecule has 0 bridgehead atoms. The quantitative estimate of drug-likeness (QED) is 0.500. The van der Waals surface area contributed by atoms with Gasteiger partial charge < -0.3 is 5.73 Å². The van der Waals surface area contributed by atoms with E-state index in [-0.39, 0.29) is 0 Å². The molecule has 0 saturated carbocycles. The van der Waals surface area contributed by atoms with Crippen LogP contribution in [0, 0.1) is 0 Å². The first-order valence-corrected chi connectivity index (χ1v) is 2.73. The van der Waals surface area contributed by atoms with Crippen molar-refractivity contribution in [1.82, 2.24) is 0 Å². The summed E-state index contributed by atoms with van der Waals surface area (Å²) < 4.78 is 0. The lowest BCUT2D eigenvalue weighted by molar-refractivity contribution is 1.27. The lowest BCUT2D eigenvalue weighted by Gasteiger charge is -1.88. The van der Waals surface area contributed by atoms with Crippen LogP contribution in [0.1, 0.15) is 0 Å². The first-order chi connectivity index (χ1) is 3.39. The van der Waals surface area contributed by atoms with Crippen LogP contribution < -0.4 is 5.73 Å². The Balaban J connectivity index is 2.82. The Morgan fingerprint density at radius 2 is 2.71 bits per heavy atom. The van der Waals surface area contributed by atoms with Crippen LogP contribution >= 0.6 is 11.8 Å². The fourth-order valence-electron chi connectivity index (χ4n) is 0.261. The molecule has 0 spiro atoms. The molecule has 0 aromatic carbocycles. The normalized spacial score (nSPS) is 16.9. The van der Waals surface area contributed by atoms with Crippen LogP contribution in [0.3, 0.4) is 0 Å². The third kappa shape index (κ3) is 1.11. The molecule has 1 aliphatic rings. The van der Waals surface area contributed by atoms with E-state index in [0.717, 1.165) is 0 Å². The van der Waals surface area contributed by atoms with Gasteiger partial charge in [0.1, 0.15) is 5.82 Å². The van der Waals surface area contributed by atoms with E-state index >= 15 is 0 Å². The Hall–Kier alpha value is -0.660. The van der Waals surface area contributed by atoms with E-state index < -0.39 is 0 Å². The molecule has 0 fully saturated rings. The molecule has 1 aliphatic heterocycles. The summed E-state index contributed by atoms with van der Waals surface area (Å²) in [6.45, 7) is 0. The van der Waals surface area contributed by atoms with Crippen molar-refractivity contribution < 1.29 is 0 Å². The van der Waals surface area contributed by atoms with E-state index in [2.05, 4.69) is 10.9 Å². The molecule has 0 unspecified atom stereocenters. The van der Waals surface area contributed by atoms with Gasteiger partial charge in [-0.05, 0) is 5.87 Å². The Kier molecular flexibility index (Phi) is 1.20. The lowest BCUT2D eigenvalue weighted by atomic mass is 10.8. The Labute approximate surface area is 45.8 Å². The first-order valence-electron chi connectivity index (χ1n) is 1.78. The van der Waals surface area contributed by atoms with Crippen LogP contribution in [-0.4, -0.2) is 5.87 Å². The van der Waals surface area contributed by atoms with E-state index in [9.17, 15) is 0 Å². The minimum absolute atomic E-state index is 0.535. The molecule has 1 rings (SSSR count). The fourth-order valence-corrected chi connectivity index (χ4v) is 0.635. The summed E-state index contributed by atoms with van der Waals surface area (Å²) in [5.41, 5.74) is 5.23. The van der Waals surface area contributed by atoms with Gasteiger partial charge in [-0.15, -0.1) is 0 Å². The van der Waals surface area contributed by atoms with Gasteiger partial charge >= 0.3 is 0 Å². The van der Waals surface area contributed by atoms with Gasteiger partial charge in [-0.2, -0.15) is 4.99 Å². The standard InChI is InChI=1S/C4H4N2S/c5-4-3-7-2-1-6-4/h2-3H,5H2. The fraction of sp³-hybridized carbons (Fsp3) is 0. The molecule has 1 heterocycles. The van der Waals surface area contributed by atoms with Crippen LogP contribution in [0.2, 0.25) is 0 Å². The predicted octanol–water partition coefficient (Wildman–Crippen LogP) is 0.674.